The molecule has 0 amide bonds. The summed E-state index contributed by atoms with van der Waals surface area (Å²) >= 11 is 0. The van der Waals surface area contributed by atoms with Crippen LogP contribution < -0.4 is 0 Å². The van der Waals surface area contributed by atoms with Crippen molar-refractivity contribution in [1.82, 2.24) is 4.98 Å². The topological polar surface area (TPSA) is 76.2 Å². The molecule has 0 aliphatic heterocycles. The van der Waals surface area contributed by atoms with Crippen LogP contribution in [0.2, 0.25) is 0 Å². The Morgan fingerprint density at radius 2 is 1.85 bits per heavy atom. The van der Waals surface area contributed by atoms with Crippen LogP contribution in [-0.4, -0.2) is 33.8 Å². The normalized spacial score (nSPS) is 12.1. The first-order valence-corrected chi connectivity index (χ1v) is 9.80. The van der Waals surface area contributed by atoms with Gasteiger partial charge in [-0.1, -0.05) is 37.3 Å². The number of fused-ring (bicyclic) bond motifs is 1. The quantitative estimate of drug-likeness (QED) is 0.533. The van der Waals surface area contributed by atoms with Crippen LogP contribution in [0.15, 0.2) is 53.6 Å². The van der Waals surface area contributed by atoms with Crippen molar-refractivity contribution in [3.8, 4) is 0 Å². The van der Waals surface area contributed by atoms with E-state index in [-0.39, 0.29) is 18.0 Å². The molecule has 1 aromatic heterocycles. The third kappa shape index (κ3) is 3.46. The molecule has 3 aromatic rings. The van der Waals surface area contributed by atoms with Gasteiger partial charge in [0, 0.05) is 28.9 Å². The van der Waals surface area contributed by atoms with Crippen LogP contribution in [0.25, 0.3) is 10.9 Å². The Balaban J connectivity index is 1.78. The summed E-state index contributed by atoms with van der Waals surface area (Å²) < 4.78 is 16.9. The minimum absolute atomic E-state index is 0.216. The first-order valence-electron chi connectivity index (χ1n) is 8.24. The summed E-state index contributed by atoms with van der Waals surface area (Å²) in [6.45, 7) is 1.68. The molecule has 0 aliphatic rings. The number of carbonyl (C=O) groups is 2. The number of para-hydroxylation sites is 1. The van der Waals surface area contributed by atoms with Crippen LogP contribution in [0.3, 0.4) is 0 Å². The second-order valence-electron chi connectivity index (χ2n) is 5.85. The van der Waals surface area contributed by atoms with Gasteiger partial charge in [-0.3, -0.25) is 9.00 Å². The van der Waals surface area contributed by atoms with Gasteiger partial charge in [0.1, 0.15) is 0 Å². The molecule has 5 nitrogen and oxygen atoms in total. The largest absolute Gasteiger partial charge is 0.454 e. The molecule has 0 unspecified atom stereocenters. The zero-order valence-electron chi connectivity index (χ0n) is 14.6. The highest BCUT2D eigenvalue weighted by molar-refractivity contribution is 7.84. The molecule has 2 aromatic carbocycles. The number of aryl methyl sites for hydroxylation is 1. The first-order chi connectivity index (χ1) is 12.5. The summed E-state index contributed by atoms with van der Waals surface area (Å²) in [5.74, 6) is -0.939. The maximum Gasteiger partial charge on any atom is 0.339 e. The number of H-pyrrole nitrogens is 1. The van der Waals surface area contributed by atoms with E-state index in [1.807, 2.05) is 25.1 Å². The lowest BCUT2D eigenvalue weighted by Gasteiger charge is -2.07. The monoisotopic (exact) mass is 369 g/mol. The van der Waals surface area contributed by atoms with Gasteiger partial charge in [-0.25, -0.2) is 4.79 Å². The van der Waals surface area contributed by atoms with Crippen LogP contribution in [0.4, 0.5) is 0 Å². The van der Waals surface area contributed by atoms with E-state index in [0.29, 0.717) is 10.5 Å². The maximum absolute atomic E-state index is 12.5. The van der Waals surface area contributed by atoms with E-state index in [9.17, 15) is 13.8 Å². The number of aromatic nitrogens is 1. The first kappa shape index (κ1) is 18.1. The van der Waals surface area contributed by atoms with Crippen molar-refractivity contribution in [3.05, 3.63) is 65.4 Å². The van der Waals surface area contributed by atoms with E-state index in [2.05, 4.69) is 4.98 Å². The van der Waals surface area contributed by atoms with Gasteiger partial charge in [0.05, 0.1) is 21.3 Å². The van der Waals surface area contributed by atoms with Gasteiger partial charge in [-0.15, -0.1) is 0 Å². The SMILES string of the molecule is CCc1cccc2c(C(=O)COC(=O)c3ccccc3[S@@](C)=O)c[nH]c12. The fourth-order valence-electron chi connectivity index (χ4n) is 2.91. The molecule has 0 spiro atoms. The molecule has 0 bridgehead atoms. The number of aromatic amines is 1. The molecule has 1 heterocycles. The Morgan fingerprint density at radius 1 is 1.08 bits per heavy atom. The molecule has 134 valence electrons. The third-order valence-corrected chi connectivity index (χ3v) is 5.21. The average molecular weight is 369 g/mol. The Labute approximate surface area is 153 Å². The Hall–Kier alpha value is -2.73. The highest BCUT2D eigenvalue weighted by atomic mass is 32.2. The summed E-state index contributed by atoms with van der Waals surface area (Å²) in [6, 6.07) is 12.3. The summed E-state index contributed by atoms with van der Waals surface area (Å²) in [7, 11) is -1.32. The predicted octanol–water partition coefficient (Wildman–Crippen LogP) is 3.51. The minimum atomic E-state index is -1.32. The van der Waals surface area contributed by atoms with Crippen LogP contribution in [0, 0.1) is 0 Å². The van der Waals surface area contributed by atoms with Crippen molar-refractivity contribution in [2.45, 2.75) is 18.2 Å². The average Bonchev–Trinajstić information content (AvgIpc) is 3.10. The number of esters is 1. The van der Waals surface area contributed by atoms with Crippen molar-refractivity contribution in [1.29, 1.82) is 0 Å². The summed E-state index contributed by atoms with van der Waals surface area (Å²) in [5, 5.41) is 0.820. The fourth-order valence-corrected chi connectivity index (χ4v) is 3.65. The van der Waals surface area contributed by atoms with Crippen LogP contribution >= 0.6 is 0 Å². The smallest absolute Gasteiger partial charge is 0.339 e. The standard InChI is InChI=1S/C20H19NO4S/c1-3-13-7-6-9-14-16(11-21-19(13)14)17(22)12-25-20(23)15-8-4-5-10-18(15)26(2)24/h4-11,21H,3,12H2,1-2H3/t26-/m1/s1. The molecule has 0 saturated heterocycles. The molecule has 0 saturated carbocycles. The van der Waals surface area contributed by atoms with Gasteiger partial charge in [-0.2, -0.15) is 0 Å². The number of ketones is 1. The highest BCUT2D eigenvalue weighted by Gasteiger charge is 2.18. The van der Waals surface area contributed by atoms with Crippen molar-refractivity contribution in [3.63, 3.8) is 0 Å². The van der Waals surface area contributed by atoms with E-state index >= 15 is 0 Å². The van der Waals surface area contributed by atoms with E-state index in [1.165, 1.54) is 6.26 Å². The lowest BCUT2D eigenvalue weighted by molar-refractivity contribution is 0.0471. The van der Waals surface area contributed by atoms with Gasteiger partial charge < -0.3 is 9.72 Å². The van der Waals surface area contributed by atoms with Gasteiger partial charge in [-0.05, 0) is 24.1 Å². The highest BCUT2D eigenvalue weighted by Crippen LogP contribution is 2.23. The van der Waals surface area contributed by atoms with E-state index in [1.54, 1.807) is 30.5 Å². The maximum atomic E-state index is 12.5. The second kappa shape index (κ2) is 7.66. The molecule has 1 atom stereocenters. The van der Waals surface area contributed by atoms with Gasteiger partial charge in [0.25, 0.3) is 0 Å². The van der Waals surface area contributed by atoms with Gasteiger partial charge in [0.2, 0.25) is 5.78 Å². The Bertz CT molecular complexity index is 1010. The molecule has 0 aliphatic carbocycles. The number of benzene rings is 2. The molecule has 1 N–H and O–H groups in total. The van der Waals surface area contributed by atoms with Crippen LogP contribution in [0.1, 0.15) is 33.2 Å². The number of hydrogen-bond donors (Lipinski definition) is 1. The Morgan fingerprint density at radius 3 is 2.58 bits per heavy atom. The van der Waals surface area contributed by atoms with Crippen LogP contribution in [0.5, 0.6) is 0 Å². The molecule has 6 heteroatoms. The zero-order valence-corrected chi connectivity index (χ0v) is 15.4. The number of nitrogens with one attached hydrogen (secondary N) is 1. The fraction of sp³-hybridized carbons (Fsp3) is 0.200. The second-order valence-corrected chi connectivity index (χ2v) is 7.19. The number of ether oxygens (including phenoxy) is 1. The molecule has 0 radical (unpaired) electrons. The van der Waals surface area contributed by atoms with Crippen molar-refractivity contribution < 1.29 is 18.5 Å². The lowest BCUT2D eigenvalue weighted by Crippen LogP contribution is -2.15. The number of Topliss-reactive ketones (excluding diaryl/α,β-unsaturated/α-hetero) is 1. The van der Waals surface area contributed by atoms with Crippen LogP contribution in [-0.2, 0) is 22.0 Å². The summed E-state index contributed by atoms with van der Waals surface area (Å²) in [4.78, 5) is 28.3. The van der Waals surface area contributed by atoms with Crippen molar-refractivity contribution >= 4 is 33.5 Å². The lowest BCUT2D eigenvalue weighted by atomic mass is 10.1. The number of carbonyl (C=O) groups excluding carboxylic acids is 2. The van der Waals surface area contributed by atoms with E-state index < -0.39 is 16.8 Å². The van der Waals surface area contributed by atoms with Crippen molar-refractivity contribution in [2.75, 3.05) is 12.9 Å². The molecule has 0 fully saturated rings. The molecular formula is C20H19NO4S. The summed E-state index contributed by atoms with van der Waals surface area (Å²) in [6.07, 6.45) is 4.00. The number of rotatable bonds is 6. The Kier molecular flexibility index (Phi) is 5.32. The van der Waals surface area contributed by atoms with Crippen molar-refractivity contribution in [2.24, 2.45) is 0 Å². The summed E-state index contributed by atoms with van der Waals surface area (Å²) in [5.41, 5.74) is 2.76. The van der Waals surface area contributed by atoms with E-state index in [0.717, 1.165) is 22.9 Å². The van der Waals surface area contributed by atoms with Gasteiger partial charge in [0.15, 0.2) is 6.61 Å². The number of hydrogen-bond acceptors (Lipinski definition) is 4. The third-order valence-electron chi connectivity index (χ3n) is 4.23. The predicted molar refractivity (Wildman–Crippen MR) is 101 cm³/mol. The molecular weight excluding hydrogens is 350 g/mol. The van der Waals surface area contributed by atoms with E-state index in [4.69, 9.17) is 4.74 Å². The zero-order chi connectivity index (χ0) is 18.7. The molecule has 26 heavy (non-hydrogen) atoms. The molecule has 3 rings (SSSR count). The minimum Gasteiger partial charge on any atom is -0.454 e. The van der Waals surface area contributed by atoms with Gasteiger partial charge >= 0.3 is 5.97 Å².